The lowest BCUT2D eigenvalue weighted by atomic mass is 10.2. The van der Waals surface area contributed by atoms with Crippen LogP contribution in [-0.2, 0) is 4.79 Å². The van der Waals surface area contributed by atoms with Crippen LogP contribution in [0.3, 0.4) is 0 Å². The second-order valence-corrected chi connectivity index (χ2v) is 6.67. The summed E-state index contributed by atoms with van der Waals surface area (Å²) in [5.41, 5.74) is 1.57. The van der Waals surface area contributed by atoms with Crippen molar-refractivity contribution in [1.29, 1.82) is 0 Å². The molecule has 0 spiro atoms. The number of carbonyl (C=O) groups is 1. The van der Waals surface area contributed by atoms with Crippen LogP contribution in [-0.4, -0.2) is 35.0 Å². The van der Waals surface area contributed by atoms with Gasteiger partial charge < -0.3 is 10.6 Å². The fourth-order valence-corrected chi connectivity index (χ4v) is 3.47. The Kier molecular flexibility index (Phi) is 4.24. The summed E-state index contributed by atoms with van der Waals surface area (Å²) >= 11 is 5.21. The van der Waals surface area contributed by atoms with E-state index in [2.05, 4.69) is 31.5 Å². The van der Waals surface area contributed by atoms with E-state index in [4.69, 9.17) is 0 Å². The van der Waals surface area contributed by atoms with Crippen LogP contribution < -0.4 is 10.6 Å². The Bertz CT molecular complexity index is 643. The summed E-state index contributed by atoms with van der Waals surface area (Å²) in [6, 6.07) is 7.66. The number of pyridine rings is 1. The number of nitrogens with zero attached hydrogens (tertiary/aromatic N) is 1. The van der Waals surface area contributed by atoms with E-state index in [-0.39, 0.29) is 11.9 Å². The van der Waals surface area contributed by atoms with E-state index in [0.29, 0.717) is 0 Å². The maximum atomic E-state index is 12.3. The Morgan fingerprint density at radius 2 is 2.40 bits per heavy atom. The average molecular weight is 352 g/mol. The predicted molar refractivity (Wildman–Crippen MR) is 87.2 cm³/mol. The summed E-state index contributed by atoms with van der Waals surface area (Å²) in [6.07, 6.45) is 1.74. The fraction of sp³-hybridized carbons (Fsp3) is 0.286. The fourth-order valence-electron chi connectivity index (χ4n) is 2.19. The van der Waals surface area contributed by atoms with Gasteiger partial charge in [0.1, 0.15) is 0 Å². The van der Waals surface area contributed by atoms with Crippen LogP contribution in [0.15, 0.2) is 34.9 Å². The molecule has 1 fully saturated rings. The lowest BCUT2D eigenvalue weighted by Crippen LogP contribution is -2.46. The van der Waals surface area contributed by atoms with Gasteiger partial charge in [-0.25, -0.2) is 0 Å². The van der Waals surface area contributed by atoms with Gasteiger partial charge in [0.05, 0.1) is 17.2 Å². The molecule has 1 saturated heterocycles. The molecule has 1 unspecified atom stereocenters. The summed E-state index contributed by atoms with van der Waals surface area (Å²) in [5.74, 6) is 1.89. The second kappa shape index (κ2) is 6.11. The summed E-state index contributed by atoms with van der Waals surface area (Å²) < 4.78 is 0.929. The van der Waals surface area contributed by atoms with E-state index >= 15 is 0 Å². The van der Waals surface area contributed by atoms with Gasteiger partial charge in [-0.05, 0) is 28.1 Å². The van der Waals surface area contributed by atoms with Crippen molar-refractivity contribution in [1.82, 2.24) is 10.3 Å². The summed E-state index contributed by atoms with van der Waals surface area (Å²) in [6.45, 7) is 0.878. The lowest BCUT2D eigenvalue weighted by Gasteiger charge is -2.22. The molecule has 1 aromatic carbocycles. The molecule has 0 aliphatic carbocycles. The van der Waals surface area contributed by atoms with E-state index in [0.717, 1.165) is 39.1 Å². The number of carbonyl (C=O) groups excluding carboxylic acids is 1. The van der Waals surface area contributed by atoms with Gasteiger partial charge in [0.25, 0.3) is 0 Å². The number of aromatic nitrogens is 1. The van der Waals surface area contributed by atoms with E-state index in [1.54, 1.807) is 18.0 Å². The number of nitrogens with one attached hydrogen (secondary N) is 2. The lowest BCUT2D eigenvalue weighted by molar-refractivity contribution is -0.117. The molecule has 0 bridgehead atoms. The Morgan fingerprint density at radius 1 is 1.50 bits per heavy atom. The van der Waals surface area contributed by atoms with Crippen LogP contribution >= 0.6 is 27.7 Å². The predicted octanol–water partition coefficient (Wildman–Crippen LogP) is 2.64. The zero-order valence-electron chi connectivity index (χ0n) is 10.7. The van der Waals surface area contributed by atoms with E-state index in [1.165, 1.54) is 0 Å². The third-order valence-electron chi connectivity index (χ3n) is 3.17. The number of benzene rings is 1. The van der Waals surface area contributed by atoms with Gasteiger partial charge in [0, 0.05) is 34.1 Å². The minimum absolute atomic E-state index is 0.00872. The maximum absolute atomic E-state index is 12.3. The molecule has 1 atom stereocenters. The number of thioether (sulfide) groups is 1. The molecule has 0 saturated carbocycles. The monoisotopic (exact) mass is 351 g/mol. The van der Waals surface area contributed by atoms with Crippen molar-refractivity contribution in [2.75, 3.05) is 23.4 Å². The molecule has 4 nitrogen and oxygen atoms in total. The molecule has 0 radical (unpaired) electrons. The maximum Gasteiger partial charge on any atom is 0.242 e. The number of hydrogen-bond acceptors (Lipinski definition) is 4. The standard InChI is InChI=1S/C14H14BrN3OS/c15-10-6-9-2-1-3-11(13(9)17-7-10)18-14(19)12-8-20-5-4-16-12/h1-3,6-7,12,16H,4-5,8H2,(H,18,19). The van der Waals surface area contributed by atoms with Gasteiger partial charge in [0.15, 0.2) is 0 Å². The van der Waals surface area contributed by atoms with Crippen molar-refractivity contribution >= 4 is 50.2 Å². The molecule has 1 aromatic heterocycles. The molecule has 6 heteroatoms. The Hall–Kier alpha value is -1.11. The molecular formula is C14H14BrN3OS. The third-order valence-corrected chi connectivity index (χ3v) is 4.67. The minimum Gasteiger partial charge on any atom is -0.323 e. The van der Waals surface area contributed by atoms with Gasteiger partial charge in [-0.15, -0.1) is 0 Å². The van der Waals surface area contributed by atoms with Crippen LogP contribution in [0.25, 0.3) is 10.9 Å². The summed E-state index contributed by atoms with van der Waals surface area (Å²) in [5, 5.41) is 7.22. The van der Waals surface area contributed by atoms with Crippen LogP contribution in [0.4, 0.5) is 5.69 Å². The topological polar surface area (TPSA) is 54.0 Å². The quantitative estimate of drug-likeness (QED) is 0.873. The molecule has 3 rings (SSSR count). The molecule has 2 heterocycles. The normalized spacial score (nSPS) is 18.9. The molecule has 2 aromatic rings. The van der Waals surface area contributed by atoms with Crippen molar-refractivity contribution < 1.29 is 4.79 Å². The Morgan fingerprint density at radius 3 is 3.20 bits per heavy atom. The highest BCUT2D eigenvalue weighted by Crippen LogP contribution is 2.24. The highest BCUT2D eigenvalue weighted by atomic mass is 79.9. The van der Waals surface area contributed by atoms with Gasteiger partial charge in [0.2, 0.25) is 5.91 Å². The number of anilines is 1. The smallest absolute Gasteiger partial charge is 0.242 e. The van der Waals surface area contributed by atoms with Crippen molar-refractivity contribution in [2.24, 2.45) is 0 Å². The zero-order chi connectivity index (χ0) is 13.9. The van der Waals surface area contributed by atoms with Crippen LogP contribution in [0.5, 0.6) is 0 Å². The molecule has 1 aliphatic rings. The second-order valence-electron chi connectivity index (χ2n) is 4.60. The first-order valence-corrected chi connectivity index (χ1v) is 8.35. The van der Waals surface area contributed by atoms with E-state index in [9.17, 15) is 4.79 Å². The number of rotatable bonds is 2. The summed E-state index contributed by atoms with van der Waals surface area (Å²) in [7, 11) is 0. The number of amides is 1. The Balaban J connectivity index is 1.85. The highest BCUT2D eigenvalue weighted by Gasteiger charge is 2.21. The largest absolute Gasteiger partial charge is 0.323 e. The third kappa shape index (κ3) is 2.97. The van der Waals surface area contributed by atoms with Crippen LogP contribution in [0.2, 0.25) is 0 Å². The van der Waals surface area contributed by atoms with Gasteiger partial charge in [-0.2, -0.15) is 11.8 Å². The number of fused-ring (bicyclic) bond motifs is 1. The first-order chi connectivity index (χ1) is 9.74. The minimum atomic E-state index is -0.126. The molecular weight excluding hydrogens is 338 g/mol. The number of para-hydroxylation sites is 1. The molecule has 1 amide bonds. The van der Waals surface area contributed by atoms with Crippen LogP contribution in [0.1, 0.15) is 0 Å². The average Bonchev–Trinajstić information content (AvgIpc) is 2.48. The van der Waals surface area contributed by atoms with Crippen molar-refractivity contribution in [3.05, 3.63) is 34.9 Å². The van der Waals surface area contributed by atoms with Crippen molar-refractivity contribution in [3.63, 3.8) is 0 Å². The van der Waals surface area contributed by atoms with Crippen molar-refractivity contribution in [2.45, 2.75) is 6.04 Å². The van der Waals surface area contributed by atoms with Gasteiger partial charge in [-0.3, -0.25) is 9.78 Å². The highest BCUT2D eigenvalue weighted by molar-refractivity contribution is 9.10. The van der Waals surface area contributed by atoms with Gasteiger partial charge >= 0.3 is 0 Å². The van der Waals surface area contributed by atoms with Crippen molar-refractivity contribution in [3.8, 4) is 0 Å². The molecule has 20 heavy (non-hydrogen) atoms. The number of halogens is 1. The first kappa shape index (κ1) is 13.9. The molecule has 2 N–H and O–H groups in total. The SMILES string of the molecule is O=C(Nc1cccc2cc(Br)cnc12)C1CSCCN1. The Labute approximate surface area is 129 Å². The summed E-state index contributed by atoms with van der Waals surface area (Å²) in [4.78, 5) is 16.6. The number of hydrogen-bond donors (Lipinski definition) is 2. The zero-order valence-corrected chi connectivity index (χ0v) is 13.1. The van der Waals surface area contributed by atoms with E-state index < -0.39 is 0 Å². The van der Waals surface area contributed by atoms with E-state index in [1.807, 2.05) is 24.3 Å². The first-order valence-electron chi connectivity index (χ1n) is 6.40. The van der Waals surface area contributed by atoms with Gasteiger partial charge in [-0.1, -0.05) is 12.1 Å². The molecule has 104 valence electrons. The van der Waals surface area contributed by atoms with Crippen LogP contribution in [0, 0.1) is 0 Å². The molecule has 1 aliphatic heterocycles.